The van der Waals surface area contributed by atoms with E-state index in [0.29, 0.717) is 0 Å². The van der Waals surface area contributed by atoms with Gasteiger partial charge in [0.1, 0.15) is 5.69 Å². The highest BCUT2D eigenvalue weighted by atomic mass is 32.2. The van der Waals surface area contributed by atoms with Crippen LogP contribution in [0.4, 0.5) is 11.4 Å². The maximum atomic E-state index is 10.4. The molecule has 1 rings (SSSR count). The van der Waals surface area contributed by atoms with Crippen LogP contribution in [-0.2, 0) is 5.75 Å². The van der Waals surface area contributed by atoms with Crippen LogP contribution in [-0.4, -0.2) is 11.2 Å². The highest BCUT2D eigenvalue weighted by molar-refractivity contribution is 7.97. The molecular weight excluding hydrogens is 188 g/mol. The number of rotatable bonds is 3. The van der Waals surface area contributed by atoms with E-state index in [1.165, 1.54) is 6.07 Å². The molecule has 0 fully saturated rings. The van der Waals surface area contributed by atoms with Gasteiger partial charge in [-0.05, 0) is 17.9 Å². The van der Waals surface area contributed by atoms with Gasteiger partial charge in [-0.25, -0.2) is 0 Å². The fourth-order valence-corrected chi connectivity index (χ4v) is 1.54. The molecule has 0 heterocycles. The zero-order valence-corrected chi connectivity index (χ0v) is 8.00. The van der Waals surface area contributed by atoms with Gasteiger partial charge in [0.2, 0.25) is 0 Å². The minimum absolute atomic E-state index is 0.0233. The lowest BCUT2D eigenvalue weighted by Crippen LogP contribution is -1.96. The molecule has 0 aliphatic rings. The lowest BCUT2D eigenvalue weighted by molar-refractivity contribution is -0.383. The van der Waals surface area contributed by atoms with Crippen molar-refractivity contribution in [3.8, 4) is 0 Å². The second-order valence-electron chi connectivity index (χ2n) is 2.58. The first-order valence-electron chi connectivity index (χ1n) is 3.67. The molecule has 1 aromatic carbocycles. The maximum Gasteiger partial charge on any atom is 0.292 e. The Morgan fingerprint density at radius 1 is 1.62 bits per heavy atom. The van der Waals surface area contributed by atoms with Gasteiger partial charge in [-0.2, -0.15) is 11.8 Å². The molecule has 0 aromatic heterocycles. The lowest BCUT2D eigenvalue weighted by atomic mass is 10.2. The Bertz CT molecular complexity index is 328. The van der Waals surface area contributed by atoms with E-state index in [1.54, 1.807) is 23.9 Å². The molecule has 0 unspecified atom stereocenters. The van der Waals surface area contributed by atoms with E-state index in [2.05, 4.69) is 0 Å². The summed E-state index contributed by atoms with van der Waals surface area (Å²) < 4.78 is 0. The second-order valence-corrected chi connectivity index (χ2v) is 3.45. The Balaban J connectivity index is 2.98. The number of nitrogens with zero attached hydrogens (tertiary/aromatic N) is 1. The topological polar surface area (TPSA) is 69.2 Å². The summed E-state index contributed by atoms with van der Waals surface area (Å²) in [5.41, 5.74) is 6.72. The quantitative estimate of drug-likeness (QED) is 0.458. The molecule has 0 aliphatic carbocycles. The number of anilines is 1. The van der Waals surface area contributed by atoms with E-state index in [9.17, 15) is 10.1 Å². The van der Waals surface area contributed by atoms with Gasteiger partial charge in [0.05, 0.1) is 4.92 Å². The van der Waals surface area contributed by atoms with Crippen molar-refractivity contribution >= 4 is 23.1 Å². The maximum absolute atomic E-state index is 10.4. The fraction of sp³-hybridized carbons (Fsp3) is 0.250. The highest BCUT2D eigenvalue weighted by Crippen LogP contribution is 2.23. The number of hydrogen-bond donors (Lipinski definition) is 1. The molecule has 1 aromatic rings. The van der Waals surface area contributed by atoms with Crippen LogP contribution in [0.2, 0.25) is 0 Å². The van der Waals surface area contributed by atoms with Crippen LogP contribution in [0.15, 0.2) is 18.2 Å². The number of benzene rings is 1. The van der Waals surface area contributed by atoms with E-state index in [4.69, 9.17) is 5.73 Å². The largest absolute Gasteiger partial charge is 0.393 e. The number of thioether (sulfide) groups is 1. The van der Waals surface area contributed by atoms with Gasteiger partial charge < -0.3 is 5.73 Å². The van der Waals surface area contributed by atoms with Crippen LogP contribution in [0, 0.1) is 10.1 Å². The number of hydrogen-bond acceptors (Lipinski definition) is 4. The Morgan fingerprint density at radius 2 is 2.31 bits per heavy atom. The summed E-state index contributed by atoms with van der Waals surface area (Å²) >= 11 is 1.65. The molecule has 0 aliphatic heterocycles. The van der Waals surface area contributed by atoms with Gasteiger partial charge in [0.15, 0.2) is 0 Å². The van der Waals surface area contributed by atoms with Crippen LogP contribution in [0.1, 0.15) is 5.56 Å². The summed E-state index contributed by atoms with van der Waals surface area (Å²) in [4.78, 5) is 9.94. The van der Waals surface area contributed by atoms with Gasteiger partial charge in [0, 0.05) is 11.8 Å². The number of nitrogens with two attached hydrogens (primary N) is 1. The van der Waals surface area contributed by atoms with Crippen molar-refractivity contribution in [2.45, 2.75) is 5.75 Å². The summed E-state index contributed by atoms with van der Waals surface area (Å²) in [5, 5.41) is 10.4. The Morgan fingerprint density at radius 3 is 2.77 bits per heavy atom. The van der Waals surface area contributed by atoms with E-state index < -0.39 is 4.92 Å². The number of nitro benzene ring substituents is 1. The third kappa shape index (κ3) is 2.35. The minimum atomic E-state index is -0.474. The Kier molecular flexibility index (Phi) is 3.13. The molecule has 70 valence electrons. The van der Waals surface area contributed by atoms with Crippen molar-refractivity contribution in [3.05, 3.63) is 33.9 Å². The van der Waals surface area contributed by atoms with Gasteiger partial charge in [-0.1, -0.05) is 6.07 Å². The number of nitrogen functional groups attached to an aromatic ring is 1. The molecule has 0 saturated heterocycles. The van der Waals surface area contributed by atoms with Crippen LogP contribution in [0.5, 0.6) is 0 Å². The number of nitro groups is 1. The highest BCUT2D eigenvalue weighted by Gasteiger charge is 2.10. The standard InChI is InChI=1S/C8H10N2O2S/c1-13-5-6-2-3-8(10(11)12)7(9)4-6/h2-4H,5,9H2,1H3. The van der Waals surface area contributed by atoms with E-state index >= 15 is 0 Å². The van der Waals surface area contributed by atoms with Crippen molar-refractivity contribution in [2.75, 3.05) is 12.0 Å². The molecule has 0 spiro atoms. The molecule has 0 amide bonds. The molecule has 13 heavy (non-hydrogen) atoms. The smallest absolute Gasteiger partial charge is 0.292 e. The Hall–Kier alpha value is -1.23. The molecule has 0 saturated carbocycles. The molecule has 5 heteroatoms. The third-order valence-corrected chi connectivity index (χ3v) is 2.22. The van der Waals surface area contributed by atoms with E-state index in [-0.39, 0.29) is 11.4 Å². The van der Waals surface area contributed by atoms with Crippen LogP contribution in [0.25, 0.3) is 0 Å². The summed E-state index contributed by atoms with van der Waals surface area (Å²) in [6.45, 7) is 0. The fourth-order valence-electron chi connectivity index (χ4n) is 1.03. The molecule has 2 N–H and O–H groups in total. The SMILES string of the molecule is CSCc1ccc([N+](=O)[O-])c(N)c1. The second kappa shape index (κ2) is 4.13. The van der Waals surface area contributed by atoms with Crippen molar-refractivity contribution < 1.29 is 4.92 Å². The van der Waals surface area contributed by atoms with Crippen molar-refractivity contribution in [1.29, 1.82) is 0 Å². The van der Waals surface area contributed by atoms with Gasteiger partial charge in [0.25, 0.3) is 5.69 Å². The predicted octanol–water partition coefficient (Wildman–Crippen LogP) is 2.04. The van der Waals surface area contributed by atoms with E-state index in [0.717, 1.165) is 11.3 Å². The van der Waals surface area contributed by atoms with Crippen LogP contribution >= 0.6 is 11.8 Å². The minimum Gasteiger partial charge on any atom is -0.393 e. The summed E-state index contributed by atoms with van der Waals surface area (Å²) in [6, 6.07) is 4.82. The molecular formula is C8H10N2O2S. The van der Waals surface area contributed by atoms with Crippen molar-refractivity contribution in [3.63, 3.8) is 0 Å². The zero-order valence-electron chi connectivity index (χ0n) is 7.19. The van der Waals surface area contributed by atoms with Gasteiger partial charge in [-0.15, -0.1) is 0 Å². The summed E-state index contributed by atoms with van der Waals surface area (Å²) in [5.74, 6) is 0.822. The molecule has 0 atom stereocenters. The Labute approximate surface area is 80.3 Å². The average molecular weight is 198 g/mol. The summed E-state index contributed by atoms with van der Waals surface area (Å²) in [7, 11) is 0. The van der Waals surface area contributed by atoms with Crippen LogP contribution < -0.4 is 5.73 Å². The monoisotopic (exact) mass is 198 g/mol. The van der Waals surface area contributed by atoms with Crippen molar-refractivity contribution in [2.24, 2.45) is 0 Å². The lowest BCUT2D eigenvalue weighted by Gasteiger charge is -2.00. The van der Waals surface area contributed by atoms with Gasteiger partial charge >= 0.3 is 0 Å². The third-order valence-electron chi connectivity index (χ3n) is 1.60. The van der Waals surface area contributed by atoms with Crippen molar-refractivity contribution in [1.82, 2.24) is 0 Å². The summed E-state index contributed by atoms with van der Waals surface area (Å²) in [6.07, 6.45) is 1.97. The van der Waals surface area contributed by atoms with Crippen LogP contribution in [0.3, 0.4) is 0 Å². The zero-order chi connectivity index (χ0) is 9.84. The predicted molar refractivity (Wildman–Crippen MR) is 54.7 cm³/mol. The molecule has 0 radical (unpaired) electrons. The molecule has 0 bridgehead atoms. The van der Waals surface area contributed by atoms with E-state index in [1.807, 2.05) is 6.26 Å². The van der Waals surface area contributed by atoms with Gasteiger partial charge in [-0.3, -0.25) is 10.1 Å². The first-order chi connectivity index (χ1) is 6.15. The average Bonchev–Trinajstić information content (AvgIpc) is 2.04. The first-order valence-corrected chi connectivity index (χ1v) is 5.06. The molecule has 4 nitrogen and oxygen atoms in total. The normalized spacial score (nSPS) is 9.92. The first kappa shape index (κ1) is 9.85.